The number of thiazole rings is 1. The monoisotopic (exact) mass is 849 g/mol. The van der Waals surface area contributed by atoms with Crippen molar-refractivity contribution in [3.05, 3.63) is 77.0 Å². The lowest BCUT2D eigenvalue weighted by molar-refractivity contribution is -0.668. The van der Waals surface area contributed by atoms with Gasteiger partial charge in [0.2, 0.25) is 5.52 Å². The van der Waals surface area contributed by atoms with Crippen LogP contribution in [0.3, 0.4) is 0 Å². The summed E-state index contributed by atoms with van der Waals surface area (Å²) in [6.45, 7) is 2.30. The maximum Gasteiger partial charge on any atom is 0.303 e. The molecule has 1 aromatic heterocycles. The molecule has 4 rings (SSSR count). The van der Waals surface area contributed by atoms with Gasteiger partial charge >= 0.3 is 5.97 Å². The minimum atomic E-state index is -4.57. The molecular formula is C33H41N2O14S5+. The summed E-state index contributed by atoms with van der Waals surface area (Å²) in [5.41, 5.74) is 1.77. The Kier molecular flexibility index (Phi) is 15.0. The second-order valence-electron chi connectivity index (χ2n) is 12.6. The van der Waals surface area contributed by atoms with E-state index < -0.39 is 53.2 Å². The van der Waals surface area contributed by atoms with E-state index in [2.05, 4.69) is 9.37 Å². The number of unbranched alkanes of at least 4 members (excludes halogenated alkanes) is 2. The number of allylic oxidation sites excluding steroid dienone is 5. The highest BCUT2D eigenvalue weighted by Gasteiger charge is 2.43. The average molecular weight is 850 g/mol. The van der Waals surface area contributed by atoms with Crippen LogP contribution in [0, 0.1) is 0 Å². The minimum Gasteiger partial charge on any atom is -0.481 e. The number of nitrogens with zero attached hydrogens (tertiary/aromatic N) is 2. The standard InChI is InChI=1S/C33H40N2O14S5/c1-33(17-7-3-6-12-32(36)37)26-23-25(54(45,46)47)14-16-27(26)34(18-8-20-52(39,40)41)30(33)10-4-2-5-11-31-35(19-9-21-53(42,43)44)28-15-13-24(51-49-48-38)22-29(28)50-31/h2,4-5,10-11,13-16,22-23H,3,6-9,12,17-21H2,1H3,(H4-,36,37,38,39,40,41,42,43,44,45,46,47)/p+1. The minimum absolute atomic E-state index is 0.00666. The van der Waals surface area contributed by atoms with E-state index in [9.17, 15) is 43.7 Å². The predicted octanol–water partition coefficient (Wildman–Crippen LogP) is 5.69. The van der Waals surface area contributed by atoms with Crippen LogP contribution in [0.15, 0.2) is 76.2 Å². The van der Waals surface area contributed by atoms with E-state index in [-0.39, 0.29) is 37.2 Å². The Morgan fingerprint density at radius 2 is 1.65 bits per heavy atom. The summed E-state index contributed by atoms with van der Waals surface area (Å²) in [4.78, 5) is 13.2. The summed E-state index contributed by atoms with van der Waals surface area (Å²) in [7, 11) is -13.0. The third-order valence-electron chi connectivity index (χ3n) is 8.72. The molecule has 1 atom stereocenters. The summed E-state index contributed by atoms with van der Waals surface area (Å²) in [6.07, 6.45) is 11.1. The second kappa shape index (κ2) is 18.6. The van der Waals surface area contributed by atoms with E-state index in [1.165, 1.54) is 29.5 Å². The van der Waals surface area contributed by atoms with E-state index >= 15 is 0 Å². The third kappa shape index (κ3) is 12.1. The smallest absolute Gasteiger partial charge is 0.303 e. The zero-order valence-electron chi connectivity index (χ0n) is 29.0. The van der Waals surface area contributed by atoms with Crippen molar-refractivity contribution in [2.75, 3.05) is 23.0 Å². The first-order valence-corrected chi connectivity index (χ1v) is 22.7. The van der Waals surface area contributed by atoms with Crippen molar-refractivity contribution >= 4 is 81.7 Å². The Balaban J connectivity index is 1.72. The highest BCUT2D eigenvalue weighted by Crippen LogP contribution is 2.51. The number of aryl methyl sites for hydroxylation is 1. The van der Waals surface area contributed by atoms with Crippen LogP contribution in [0.2, 0.25) is 0 Å². The van der Waals surface area contributed by atoms with E-state index in [1.807, 2.05) is 16.4 Å². The van der Waals surface area contributed by atoms with Gasteiger partial charge in [0, 0.05) is 53.2 Å². The SMILES string of the molecule is CC1(CCCCCC(=O)O)/C(=C/C=C/C=C/c2sc3cc(SOOO)ccc3[n+]2CCCS(=O)(=O)O)N(CCCS(=O)(=O)O)c2ccc(S(=O)(=O)O)cc21. The number of hydrogen-bond donors (Lipinski definition) is 5. The zero-order valence-corrected chi connectivity index (χ0v) is 33.1. The molecular weight excluding hydrogens is 809 g/mol. The van der Waals surface area contributed by atoms with Crippen molar-refractivity contribution in [3.63, 3.8) is 0 Å². The van der Waals surface area contributed by atoms with Crippen LogP contribution >= 0.6 is 23.4 Å². The summed E-state index contributed by atoms with van der Waals surface area (Å²) in [6, 6.07) is 9.49. The number of carboxylic acids is 1. The molecule has 16 nitrogen and oxygen atoms in total. The molecule has 0 saturated carbocycles. The maximum absolute atomic E-state index is 12.2. The predicted molar refractivity (Wildman–Crippen MR) is 203 cm³/mol. The molecule has 1 aliphatic rings. The van der Waals surface area contributed by atoms with E-state index in [4.69, 9.17) is 10.4 Å². The molecule has 5 N–H and O–H groups in total. The number of hydrogen-bond acceptors (Lipinski definition) is 13. The summed E-state index contributed by atoms with van der Waals surface area (Å²) in [5.74, 6) is -1.86. The molecule has 0 saturated heterocycles. The van der Waals surface area contributed by atoms with Crippen molar-refractivity contribution in [3.8, 4) is 0 Å². The van der Waals surface area contributed by atoms with Gasteiger partial charge in [-0.2, -0.15) is 29.8 Å². The molecule has 54 heavy (non-hydrogen) atoms. The van der Waals surface area contributed by atoms with Crippen molar-refractivity contribution in [2.45, 2.75) is 73.6 Å². The van der Waals surface area contributed by atoms with E-state index in [0.29, 0.717) is 47.5 Å². The molecule has 3 aromatic rings. The lowest BCUT2D eigenvalue weighted by atomic mass is 9.77. The van der Waals surface area contributed by atoms with Crippen LogP contribution in [0.1, 0.15) is 62.4 Å². The van der Waals surface area contributed by atoms with Gasteiger partial charge in [0.05, 0.1) is 28.4 Å². The van der Waals surface area contributed by atoms with Crippen molar-refractivity contribution in [2.24, 2.45) is 0 Å². The fourth-order valence-corrected chi connectivity index (χ4v) is 9.44. The van der Waals surface area contributed by atoms with Gasteiger partial charge in [0.15, 0.2) is 6.54 Å². The number of rotatable bonds is 21. The highest BCUT2D eigenvalue weighted by atomic mass is 32.2. The Hall–Kier alpha value is -3.22. The van der Waals surface area contributed by atoms with Gasteiger partial charge in [0.1, 0.15) is 4.70 Å². The first-order chi connectivity index (χ1) is 25.3. The number of fused-ring (bicyclic) bond motifs is 2. The Labute approximate surface area is 321 Å². The molecule has 2 aromatic carbocycles. The zero-order chi connectivity index (χ0) is 39.7. The molecule has 21 heteroatoms. The van der Waals surface area contributed by atoms with Crippen LogP contribution in [-0.4, -0.2) is 73.3 Å². The number of carbonyl (C=O) groups is 1. The molecule has 0 spiro atoms. The summed E-state index contributed by atoms with van der Waals surface area (Å²) >= 11 is 2.18. The van der Waals surface area contributed by atoms with Gasteiger partial charge in [0.25, 0.3) is 35.4 Å². The van der Waals surface area contributed by atoms with Gasteiger partial charge in [-0.3, -0.25) is 18.5 Å². The highest BCUT2D eigenvalue weighted by molar-refractivity contribution is 7.94. The van der Waals surface area contributed by atoms with Gasteiger partial charge in [-0.25, -0.2) is 5.26 Å². The van der Waals surface area contributed by atoms with Crippen molar-refractivity contribution < 1.29 is 68.0 Å². The van der Waals surface area contributed by atoms with Gasteiger partial charge < -0.3 is 10.0 Å². The van der Waals surface area contributed by atoms with E-state index in [1.54, 1.807) is 48.6 Å². The molecule has 2 heterocycles. The second-order valence-corrected chi connectivity index (χ2v) is 19.0. The molecule has 1 aliphatic heterocycles. The largest absolute Gasteiger partial charge is 0.481 e. The number of aliphatic carboxylic acids is 1. The first kappa shape index (κ1) is 43.5. The first-order valence-electron chi connectivity index (χ1n) is 16.5. The molecule has 0 radical (unpaired) electrons. The molecule has 0 fully saturated rings. The Bertz CT molecular complexity index is 2250. The molecule has 296 valence electrons. The number of anilines is 1. The fraction of sp³-hybridized carbons (Fsp3) is 0.394. The Morgan fingerprint density at radius 3 is 2.31 bits per heavy atom. The normalized spacial score (nSPS) is 17.4. The van der Waals surface area contributed by atoms with Crippen LogP contribution in [0.5, 0.6) is 0 Å². The van der Waals surface area contributed by atoms with E-state index in [0.717, 1.165) is 27.3 Å². The topological polar surface area (TPSA) is 246 Å². The average Bonchev–Trinajstić information content (AvgIpc) is 3.52. The molecule has 0 bridgehead atoms. The maximum atomic E-state index is 12.2. The van der Waals surface area contributed by atoms with Crippen molar-refractivity contribution in [1.82, 2.24) is 0 Å². The lowest BCUT2D eigenvalue weighted by Gasteiger charge is -2.30. The fourth-order valence-electron chi connectivity index (χ4n) is 6.33. The number of benzene rings is 2. The Morgan fingerprint density at radius 1 is 0.926 bits per heavy atom. The van der Waals surface area contributed by atoms with Gasteiger partial charge in [-0.1, -0.05) is 47.4 Å². The van der Waals surface area contributed by atoms with Crippen LogP contribution < -0.4 is 9.47 Å². The van der Waals surface area contributed by atoms with Crippen LogP contribution in [-0.2, 0) is 56.5 Å². The van der Waals surface area contributed by atoms with Crippen LogP contribution in [0.25, 0.3) is 16.3 Å². The van der Waals surface area contributed by atoms with Crippen molar-refractivity contribution in [1.29, 1.82) is 0 Å². The number of aromatic nitrogens is 1. The number of carboxylic acid groups (broad SMARTS) is 1. The molecule has 0 amide bonds. The molecule has 0 aliphatic carbocycles. The van der Waals surface area contributed by atoms with Gasteiger partial charge in [-0.15, -0.1) is 4.33 Å². The summed E-state index contributed by atoms with van der Waals surface area (Å²) in [5, 5.41) is 22.0. The lowest BCUT2D eigenvalue weighted by Crippen LogP contribution is -2.35. The quantitative estimate of drug-likeness (QED) is 0.0164. The molecule has 1 unspecified atom stereocenters. The van der Waals surface area contributed by atoms with Gasteiger partial charge in [-0.05, 0) is 68.2 Å². The van der Waals surface area contributed by atoms with Crippen LogP contribution in [0.4, 0.5) is 5.69 Å². The summed E-state index contributed by atoms with van der Waals surface area (Å²) < 4.78 is 106. The third-order valence-corrected chi connectivity index (χ3v) is 12.9.